The van der Waals surface area contributed by atoms with Gasteiger partial charge in [-0.2, -0.15) is 0 Å². The molecular formula is C51H60N4O6. The molecule has 10 nitrogen and oxygen atoms in total. The molecule has 0 spiro atoms. The highest BCUT2D eigenvalue weighted by molar-refractivity contribution is 6.26. The number of aldehydes is 1. The van der Waals surface area contributed by atoms with Crippen molar-refractivity contribution in [2.24, 2.45) is 20.0 Å². The maximum Gasteiger partial charge on any atom is 0.305 e. The van der Waals surface area contributed by atoms with Gasteiger partial charge in [0.1, 0.15) is 0 Å². The lowest BCUT2D eigenvalue weighted by Gasteiger charge is -2.14. The minimum absolute atomic E-state index is 0.0312. The summed E-state index contributed by atoms with van der Waals surface area (Å²) < 4.78 is 9.91. The van der Waals surface area contributed by atoms with E-state index in [9.17, 15) is 19.5 Å². The van der Waals surface area contributed by atoms with E-state index in [-0.39, 0.29) is 25.2 Å². The number of hydrogen-bond donors (Lipinski definition) is 1. The Morgan fingerprint density at radius 1 is 0.639 bits per heavy atom. The number of fused-ring (bicyclic) bond motifs is 4. The topological polar surface area (TPSA) is 139 Å². The van der Waals surface area contributed by atoms with Crippen LogP contribution in [0.5, 0.6) is 0 Å². The lowest BCUT2D eigenvalue weighted by atomic mass is 9.94. The molecule has 1 N–H and O–H groups in total. The molecule has 0 aliphatic carbocycles. The number of aliphatic imine (C=N–C) groups is 4. The second-order valence-electron chi connectivity index (χ2n) is 16.2. The Balaban J connectivity index is 1.57. The molecule has 10 heteroatoms. The summed E-state index contributed by atoms with van der Waals surface area (Å²) in [4.78, 5) is 57.8. The van der Waals surface area contributed by atoms with Crippen LogP contribution in [0.2, 0.25) is 0 Å². The number of carbonyl (C=O) groups excluding carboxylic acids is 3. The van der Waals surface area contributed by atoms with Gasteiger partial charge >= 0.3 is 11.9 Å². The van der Waals surface area contributed by atoms with Crippen LogP contribution in [-0.2, 0) is 23.9 Å². The fourth-order valence-electron chi connectivity index (χ4n) is 7.91. The van der Waals surface area contributed by atoms with Gasteiger partial charge < -0.3 is 14.6 Å². The molecule has 0 saturated carbocycles. The largest absolute Gasteiger partial charge is 0.469 e. The smallest absolute Gasteiger partial charge is 0.305 e. The van der Waals surface area contributed by atoms with Crippen molar-refractivity contribution in [2.75, 3.05) is 14.2 Å². The highest BCUT2D eigenvalue weighted by atomic mass is 16.5. The maximum atomic E-state index is 12.9. The number of allylic oxidation sites excluding steroid dienone is 18. The number of aliphatic hydroxyl groups excluding tert-OH is 1. The average Bonchev–Trinajstić information content (AvgIpc) is 3.91. The van der Waals surface area contributed by atoms with E-state index in [1.54, 1.807) is 12.2 Å². The van der Waals surface area contributed by atoms with Crippen LogP contribution < -0.4 is 0 Å². The highest BCUT2D eigenvalue weighted by Gasteiger charge is 2.31. The molecule has 0 aromatic carbocycles. The van der Waals surface area contributed by atoms with Crippen LogP contribution in [0.25, 0.3) is 0 Å². The van der Waals surface area contributed by atoms with Gasteiger partial charge in [-0.05, 0) is 152 Å². The van der Waals surface area contributed by atoms with Crippen LogP contribution in [0.1, 0.15) is 113 Å². The first-order chi connectivity index (χ1) is 29.2. The third kappa shape index (κ3) is 11.3. The van der Waals surface area contributed by atoms with Crippen molar-refractivity contribution in [3.8, 4) is 0 Å². The van der Waals surface area contributed by atoms with Crippen molar-refractivity contribution in [1.82, 2.24) is 0 Å². The van der Waals surface area contributed by atoms with Gasteiger partial charge in [-0.25, -0.2) is 20.0 Å². The fraction of sp³-hybridized carbons (Fsp3) is 0.392. The van der Waals surface area contributed by atoms with Gasteiger partial charge in [0.15, 0.2) is 6.29 Å². The second-order valence-corrected chi connectivity index (χ2v) is 16.2. The minimum atomic E-state index is -0.834. The fourth-order valence-corrected chi connectivity index (χ4v) is 7.91. The van der Waals surface area contributed by atoms with Crippen molar-refractivity contribution in [1.29, 1.82) is 0 Å². The summed E-state index contributed by atoms with van der Waals surface area (Å²) in [5.74, 6) is -0.772. The lowest BCUT2D eigenvalue weighted by molar-refractivity contribution is -0.141. The first-order valence-electron chi connectivity index (χ1n) is 21.1. The van der Waals surface area contributed by atoms with Gasteiger partial charge in [-0.3, -0.25) is 14.4 Å². The second kappa shape index (κ2) is 21.1. The van der Waals surface area contributed by atoms with Gasteiger partial charge in [0.05, 0.1) is 66.0 Å². The number of carbonyl (C=O) groups is 3. The Hall–Kier alpha value is -5.87. The number of methoxy groups -OCH3 is 2. The molecule has 320 valence electrons. The molecule has 8 bridgehead atoms. The average molecular weight is 825 g/mol. The van der Waals surface area contributed by atoms with E-state index in [0.29, 0.717) is 81.6 Å². The summed E-state index contributed by atoms with van der Waals surface area (Å²) >= 11 is 0. The Kier molecular flexibility index (Phi) is 16.0. The molecule has 0 radical (unpaired) electrons. The monoisotopic (exact) mass is 824 g/mol. The van der Waals surface area contributed by atoms with Crippen molar-refractivity contribution in [3.63, 3.8) is 0 Å². The molecule has 0 amide bonds. The predicted molar refractivity (Wildman–Crippen MR) is 247 cm³/mol. The van der Waals surface area contributed by atoms with Crippen LogP contribution in [0, 0.1) is 0 Å². The molecule has 0 aromatic heterocycles. The molecule has 5 rings (SSSR count). The van der Waals surface area contributed by atoms with E-state index in [0.717, 1.165) is 59.8 Å². The van der Waals surface area contributed by atoms with E-state index in [1.165, 1.54) is 30.9 Å². The third-order valence-corrected chi connectivity index (χ3v) is 11.6. The quantitative estimate of drug-likeness (QED) is 0.0829. The Morgan fingerprint density at radius 3 is 1.74 bits per heavy atom. The zero-order chi connectivity index (χ0) is 44.4. The Morgan fingerprint density at radius 2 is 1.13 bits per heavy atom. The van der Waals surface area contributed by atoms with Crippen molar-refractivity contribution in [2.45, 2.75) is 119 Å². The summed E-state index contributed by atoms with van der Waals surface area (Å²) in [6.45, 7) is 18.6. The molecule has 0 fully saturated rings. The molecule has 1 atom stereocenters. The molecule has 0 saturated heterocycles. The van der Waals surface area contributed by atoms with Crippen LogP contribution in [0.4, 0.5) is 0 Å². The molecular weight excluding hydrogens is 765 g/mol. The first kappa shape index (κ1) is 46.2. The van der Waals surface area contributed by atoms with Gasteiger partial charge in [0.2, 0.25) is 0 Å². The summed E-state index contributed by atoms with van der Waals surface area (Å²) in [5, 5.41) is 11.9. The van der Waals surface area contributed by atoms with Crippen molar-refractivity contribution in [3.05, 3.63) is 139 Å². The lowest BCUT2D eigenvalue weighted by Crippen LogP contribution is -2.16. The van der Waals surface area contributed by atoms with Crippen LogP contribution in [0.3, 0.4) is 0 Å². The van der Waals surface area contributed by atoms with Crippen LogP contribution in [0.15, 0.2) is 159 Å². The predicted octanol–water partition coefficient (Wildman–Crippen LogP) is 10.5. The number of hydrogen-bond acceptors (Lipinski definition) is 10. The van der Waals surface area contributed by atoms with Crippen molar-refractivity contribution >= 4 is 41.1 Å². The number of esters is 2. The van der Waals surface area contributed by atoms with Gasteiger partial charge in [-0.1, -0.05) is 47.6 Å². The van der Waals surface area contributed by atoms with E-state index in [2.05, 4.69) is 52.5 Å². The molecule has 61 heavy (non-hydrogen) atoms. The number of nitrogens with zero attached hydrogens (tertiary/aromatic N) is 4. The zero-order valence-corrected chi connectivity index (χ0v) is 37.3. The Bertz CT molecular complexity index is 2370. The zero-order valence-electron chi connectivity index (χ0n) is 37.3. The summed E-state index contributed by atoms with van der Waals surface area (Å²) in [6.07, 6.45) is 21.9. The Labute approximate surface area is 361 Å². The summed E-state index contributed by atoms with van der Waals surface area (Å²) in [5.41, 5.74) is 14.4. The van der Waals surface area contributed by atoms with E-state index in [4.69, 9.17) is 29.4 Å². The summed E-state index contributed by atoms with van der Waals surface area (Å²) in [6, 6.07) is 0. The molecule has 5 heterocycles. The number of rotatable bonds is 18. The van der Waals surface area contributed by atoms with Crippen LogP contribution >= 0.6 is 0 Å². The SMILES string of the molecule is C=CC1=C(C)C2=CC3=NC(=CC4=NC(=CC5=NC(=CC1=N2)C(C)=C5CCC(=O)OC)C(CCC(=O)OC)=C4C=O)C(C)=C3[C@@H](O)CCC=C(C)CCC=C(C)CCC=C(C)C. The van der Waals surface area contributed by atoms with Crippen molar-refractivity contribution < 1.29 is 29.0 Å². The standard InChI is InChI=1S/C51H60N4O6/c1-11-36-33(6)41-27-47-51(48(57)20-14-19-32(5)18-13-17-31(4)16-12-15-30(2)3)35(8)42(54-47)26-46-39(29-56)38(22-24-50(59)61-10)45(55-46)28-44-37(21-23-49(58)60-9)34(7)40(53-44)25-43(36)52-41/h11,15,17,19,25-29,48,57H,1,12-14,16,18,20-24H2,2-10H3/t48-/m0/s1. The van der Waals surface area contributed by atoms with Gasteiger partial charge in [0.25, 0.3) is 0 Å². The van der Waals surface area contributed by atoms with E-state index in [1.807, 2.05) is 39.0 Å². The highest BCUT2D eigenvalue weighted by Crippen LogP contribution is 2.38. The normalized spacial score (nSPS) is 18.3. The molecule has 5 aliphatic heterocycles. The van der Waals surface area contributed by atoms with Gasteiger partial charge in [-0.15, -0.1) is 0 Å². The van der Waals surface area contributed by atoms with E-state index >= 15 is 0 Å². The number of ether oxygens (including phenoxy) is 2. The molecule has 0 aromatic rings. The van der Waals surface area contributed by atoms with E-state index < -0.39 is 12.1 Å². The summed E-state index contributed by atoms with van der Waals surface area (Å²) in [7, 11) is 2.69. The maximum absolute atomic E-state index is 12.9. The molecule has 0 unspecified atom stereocenters. The first-order valence-corrected chi connectivity index (χ1v) is 21.1. The molecule has 5 aliphatic rings. The minimum Gasteiger partial charge on any atom is -0.469 e. The number of aliphatic hydroxyl groups is 1. The third-order valence-electron chi connectivity index (χ3n) is 11.6. The van der Waals surface area contributed by atoms with Gasteiger partial charge in [0, 0.05) is 29.6 Å². The van der Waals surface area contributed by atoms with Crippen LogP contribution in [-0.4, -0.2) is 66.5 Å².